The van der Waals surface area contributed by atoms with Gasteiger partial charge in [-0.2, -0.15) is 4.40 Å². The highest BCUT2D eigenvalue weighted by Crippen LogP contribution is 2.07. The Balaban J connectivity index is 2.88. The summed E-state index contributed by atoms with van der Waals surface area (Å²) in [6.45, 7) is 0. The molecule has 0 saturated heterocycles. The summed E-state index contributed by atoms with van der Waals surface area (Å²) in [6.07, 6.45) is 2.32. The van der Waals surface area contributed by atoms with Gasteiger partial charge in [-0.3, -0.25) is 0 Å². The standard InChI is InChI=1S/C8H8ClNO2S/c1-13(11,12)10-6-7-2-4-8(9)5-3-7/h2-6H,1H3/b10-6+. The van der Waals surface area contributed by atoms with E-state index >= 15 is 0 Å². The van der Waals surface area contributed by atoms with Crippen LogP contribution in [-0.4, -0.2) is 20.9 Å². The second kappa shape index (κ2) is 3.89. The van der Waals surface area contributed by atoms with Crippen LogP contribution in [-0.2, 0) is 10.0 Å². The first-order valence-electron chi connectivity index (χ1n) is 3.48. The maximum atomic E-state index is 10.6. The summed E-state index contributed by atoms with van der Waals surface area (Å²) in [6, 6.07) is 6.73. The minimum atomic E-state index is -3.30. The van der Waals surface area contributed by atoms with Crippen LogP contribution in [0.15, 0.2) is 28.7 Å². The third kappa shape index (κ3) is 4.05. The van der Waals surface area contributed by atoms with Crippen molar-refractivity contribution >= 4 is 27.8 Å². The van der Waals surface area contributed by atoms with E-state index in [0.717, 1.165) is 6.26 Å². The third-order valence-electron chi connectivity index (χ3n) is 1.26. The summed E-state index contributed by atoms with van der Waals surface area (Å²) in [5.41, 5.74) is 0.704. The largest absolute Gasteiger partial charge is 0.250 e. The normalized spacial score (nSPS) is 12.2. The molecule has 1 rings (SSSR count). The van der Waals surface area contributed by atoms with Gasteiger partial charge in [-0.05, 0) is 17.7 Å². The van der Waals surface area contributed by atoms with Gasteiger partial charge >= 0.3 is 0 Å². The maximum Gasteiger partial charge on any atom is 0.250 e. The molecule has 0 aromatic heterocycles. The lowest BCUT2D eigenvalue weighted by Gasteiger charge is -1.91. The molecule has 0 aliphatic carbocycles. The van der Waals surface area contributed by atoms with E-state index in [1.54, 1.807) is 24.3 Å². The van der Waals surface area contributed by atoms with Crippen LogP contribution in [0.5, 0.6) is 0 Å². The highest BCUT2D eigenvalue weighted by atomic mass is 35.5. The Bertz CT molecular complexity index is 408. The molecule has 0 aliphatic heterocycles. The van der Waals surface area contributed by atoms with E-state index in [9.17, 15) is 8.42 Å². The van der Waals surface area contributed by atoms with Crippen LogP contribution in [0.4, 0.5) is 0 Å². The number of benzene rings is 1. The molecule has 0 amide bonds. The van der Waals surface area contributed by atoms with E-state index in [0.29, 0.717) is 10.6 Å². The summed E-state index contributed by atoms with van der Waals surface area (Å²) >= 11 is 5.64. The van der Waals surface area contributed by atoms with E-state index < -0.39 is 10.0 Å². The highest BCUT2D eigenvalue weighted by molar-refractivity contribution is 7.89. The van der Waals surface area contributed by atoms with Crippen LogP contribution in [0.3, 0.4) is 0 Å². The number of rotatable bonds is 2. The van der Waals surface area contributed by atoms with Crippen LogP contribution in [0.25, 0.3) is 0 Å². The molecule has 0 atom stereocenters. The zero-order valence-corrected chi connectivity index (χ0v) is 8.51. The molecule has 0 unspecified atom stereocenters. The Morgan fingerprint density at radius 2 is 1.85 bits per heavy atom. The minimum Gasteiger partial charge on any atom is -0.205 e. The summed E-state index contributed by atoms with van der Waals surface area (Å²) < 4.78 is 24.7. The van der Waals surface area contributed by atoms with E-state index in [4.69, 9.17) is 11.6 Å². The quantitative estimate of drug-likeness (QED) is 0.709. The fourth-order valence-corrected chi connectivity index (χ4v) is 1.14. The number of halogens is 1. The molecule has 0 spiro atoms. The Hall–Kier alpha value is -0.870. The zero-order valence-electron chi connectivity index (χ0n) is 6.94. The molecule has 0 radical (unpaired) electrons. The van der Waals surface area contributed by atoms with Gasteiger partial charge in [-0.15, -0.1) is 0 Å². The Morgan fingerprint density at radius 3 is 2.31 bits per heavy atom. The summed E-state index contributed by atoms with van der Waals surface area (Å²) in [5.74, 6) is 0. The number of nitrogens with zero attached hydrogens (tertiary/aromatic N) is 1. The molecule has 0 bridgehead atoms. The molecule has 1 aromatic rings. The van der Waals surface area contributed by atoms with Crippen molar-refractivity contribution in [2.75, 3.05) is 6.26 Å². The van der Waals surface area contributed by atoms with E-state index in [1.807, 2.05) is 0 Å². The topological polar surface area (TPSA) is 46.5 Å². The first-order valence-corrected chi connectivity index (χ1v) is 5.71. The minimum absolute atomic E-state index is 0.608. The fourth-order valence-electron chi connectivity index (χ4n) is 0.705. The average molecular weight is 218 g/mol. The van der Waals surface area contributed by atoms with Crippen LogP contribution < -0.4 is 0 Å². The summed E-state index contributed by atoms with van der Waals surface area (Å²) in [4.78, 5) is 0. The van der Waals surface area contributed by atoms with Crippen molar-refractivity contribution in [2.45, 2.75) is 0 Å². The highest BCUT2D eigenvalue weighted by Gasteiger charge is 1.94. The lowest BCUT2D eigenvalue weighted by atomic mass is 10.2. The van der Waals surface area contributed by atoms with Gasteiger partial charge in [0.2, 0.25) is 10.0 Å². The molecule has 70 valence electrons. The lowest BCUT2D eigenvalue weighted by Crippen LogP contribution is -1.91. The Morgan fingerprint density at radius 1 is 1.31 bits per heavy atom. The first kappa shape index (κ1) is 10.2. The first-order chi connectivity index (χ1) is 5.97. The van der Waals surface area contributed by atoms with Crippen molar-refractivity contribution in [1.29, 1.82) is 0 Å². The predicted molar refractivity (Wildman–Crippen MR) is 53.9 cm³/mol. The van der Waals surface area contributed by atoms with Crippen LogP contribution in [0, 0.1) is 0 Å². The summed E-state index contributed by atoms with van der Waals surface area (Å²) in [5, 5.41) is 0.608. The van der Waals surface area contributed by atoms with Crippen molar-refractivity contribution < 1.29 is 8.42 Å². The molecule has 0 aliphatic rings. The maximum absolute atomic E-state index is 10.6. The van der Waals surface area contributed by atoms with Gasteiger partial charge in [0.05, 0.1) is 6.26 Å². The molecule has 0 heterocycles. The van der Waals surface area contributed by atoms with Crippen molar-refractivity contribution in [3.05, 3.63) is 34.9 Å². The molecule has 0 saturated carbocycles. The molecule has 0 N–H and O–H groups in total. The molecule has 0 fully saturated rings. The Labute approximate surface area is 82.1 Å². The van der Waals surface area contributed by atoms with Gasteiger partial charge in [0, 0.05) is 11.2 Å². The zero-order chi connectivity index (χ0) is 9.90. The SMILES string of the molecule is CS(=O)(=O)/N=C/c1ccc(Cl)cc1. The number of hydrogen-bond donors (Lipinski definition) is 0. The summed E-state index contributed by atoms with van der Waals surface area (Å²) in [7, 11) is -3.30. The molecule has 13 heavy (non-hydrogen) atoms. The number of hydrogen-bond acceptors (Lipinski definition) is 2. The second-order valence-corrected chi connectivity index (χ2v) is 4.63. The molecular weight excluding hydrogens is 210 g/mol. The van der Waals surface area contributed by atoms with Crippen molar-refractivity contribution in [3.63, 3.8) is 0 Å². The van der Waals surface area contributed by atoms with Crippen molar-refractivity contribution in [3.8, 4) is 0 Å². The molecule has 3 nitrogen and oxygen atoms in total. The second-order valence-electron chi connectivity index (χ2n) is 2.52. The lowest BCUT2D eigenvalue weighted by molar-refractivity contribution is 0.604. The monoisotopic (exact) mass is 217 g/mol. The van der Waals surface area contributed by atoms with Crippen LogP contribution in [0.2, 0.25) is 5.02 Å². The molecule has 5 heteroatoms. The van der Waals surface area contributed by atoms with Gasteiger partial charge in [0.1, 0.15) is 0 Å². The van der Waals surface area contributed by atoms with Crippen LogP contribution in [0.1, 0.15) is 5.56 Å². The molecule has 1 aromatic carbocycles. The van der Waals surface area contributed by atoms with Gasteiger partial charge in [-0.1, -0.05) is 23.7 Å². The van der Waals surface area contributed by atoms with E-state index in [-0.39, 0.29) is 0 Å². The van der Waals surface area contributed by atoms with Gasteiger partial charge < -0.3 is 0 Å². The van der Waals surface area contributed by atoms with Crippen LogP contribution >= 0.6 is 11.6 Å². The third-order valence-corrected chi connectivity index (χ3v) is 2.00. The average Bonchev–Trinajstić information content (AvgIpc) is 2.02. The van der Waals surface area contributed by atoms with E-state index in [1.165, 1.54) is 6.21 Å². The molecular formula is C8H8ClNO2S. The fraction of sp³-hybridized carbons (Fsp3) is 0.125. The van der Waals surface area contributed by atoms with Crippen molar-refractivity contribution in [1.82, 2.24) is 0 Å². The predicted octanol–water partition coefficient (Wildman–Crippen LogP) is 1.72. The van der Waals surface area contributed by atoms with Crippen molar-refractivity contribution in [2.24, 2.45) is 4.40 Å². The van der Waals surface area contributed by atoms with Gasteiger partial charge in [0.25, 0.3) is 0 Å². The van der Waals surface area contributed by atoms with E-state index in [2.05, 4.69) is 4.40 Å². The van der Waals surface area contributed by atoms with Gasteiger partial charge in [-0.25, -0.2) is 8.42 Å². The Kier molecular flexibility index (Phi) is 3.06. The van der Waals surface area contributed by atoms with Gasteiger partial charge in [0.15, 0.2) is 0 Å². The number of sulfonamides is 1. The smallest absolute Gasteiger partial charge is 0.205 e.